The lowest BCUT2D eigenvalue weighted by Crippen LogP contribution is -2.22. The van der Waals surface area contributed by atoms with Crippen molar-refractivity contribution in [3.63, 3.8) is 0 Å². The van der Waals surface area contributed by atoms with Gasteiger partial charge in [-0.2, -0.15) is 0 Å². The summed E-state index contributed by atoms with van der Waals surface area (Å²) in [5.41, 5.74) is 7.10. The SMILES string of the molecule is CC(O)CCN(C)Cc1ccc(F)cc1N. The van der Waals surface area contributed by atoms with E-state index in [1.807, 2.05) is 7.05 Å². The maximum absolute atomic E-state index is 12.8. The van der Waals surface area contributed by atoms with Crippen LogP contribution in [-0.4, -0.2) is 29.7 Å². The van der Waals surface area contributed by atoms with Crippen LogP contribution in [0.5, 0.6) is 0 Å². The van der Waals surface area contributed by atoms with Crippen LogP contribution < -0.4 is 5.73 Å². The van der Waals surface area contributed by atoms with Crippen LogP contribution in [0, 0.1) is 5.82 Å². The topological polar surface area (TPSA) is 49.5 Å². The van der Waals surface area contributed by atoms with Crippen molar-refractivity contribution in [2.24, 2.45) is 0 Å². The first-order valence-electron chi connectivity index (χ1n) is 5.39. The number of aliphatic hydroxyl groups excluding tert-OH is 1. The molecule has 1 aromatic carbocycles. The van der Waals surface area contributed by atoms with Crippen molar-refractivity contribution in [2.45, 2.75) is 26.0 Å². The predicted octanol–water partition coefficient (Wildman–Crippen LogP) is 1.61. The van der Waals surface area contributed by atoms with Crippen molar-refractivity contribution in [1.82, 2.24) is 4.90 Å². The summed E-state index contributed by atoms with van der Waals surface area (Å²) in [7, 11) is 1.95. The zero-order valence-electron chi connectivity index (χ0n) is 9.78. The predicted molar refractivity (Wildman–Crippen MR) is 63.4 cm³/mol. The number of aliphatic hydroxyl groups is 1. The third kappa shape index (κ3) is 4.16. The Morgan fingerprint density at radius 3 is 2.75 bits per heavy atom. The molecule has 0 aliphatic heterocycles. The summed E-state index contributed by atoms with van der Waals surface area (Å²) in [4.78, 5) is 2.05. The highest BCUT2D eigenvalue weighted by Gasteiger charge is 2.06. The Hall–Kier alpha value is -1.13. The van der Waals surface area contributed by atoms with E-state index in [1.165, 1.54) is 12.1 Å². The highest BCUT2D eigenvalue weighted by Crippen LogP contribution is 2.15. The molecule has 3 N–H and O–H groups in total. The number of nitrogen functional groups attached to an aromatic ring is 1. The normalized spacial score (nSPS) is 13.1. The molecule has 0 spiro atoms. The first kappa shape index (κ1) is 12.9. The van der Waals surface area contributed by atoms with Gasteiger partial charge in [0.15, 0.2) is 0 Å². The van der Waals surface area contributed by atoms with Crippen LogP contribution >= 0.6 is 0 Å². The fraction of sp³-hybridized carbons (Fsp3) is 0.500. The average Bonchev–Trinajstić information content (AvgIpc) is 2.19. The van der Waals surface area contributed by atoms with Gasteiger partial charge in [-0.3, -0.25) is 0 Å². The van der Waals surface area contributed by atoms with Crippen molar-refractivity contribution in [3.8, 4) is 0 Å². The standard InChI is InChI=1S/C12H19FN2O/c1-9(16)5-6-15(2)8-10-3-4-11(13)7-12(10)14/h3-4,7,9,16H,5-6,8,14H2,1-2H3. The molecule has 0 saturated carbocycles. The molecule has 0 aromatic heterocycles. The molecule has 0 amide bonds. The largest absolute Gasteiger partial charge is 0.398 e. The molecule has 4 heteroatoms. The fourth-order valence-corrected chi connectivity index (χ4v) is 1.49. The molecule has 0 radical (unpaired) electrons. The fourth-order valence-electron chi connectivity index (χ4n) is 1.49. The van der Waals surface area contributed by atoms with Crippen LogP contribution in [0.4, 0.5) is 10.1 Å². The lowest BCUT2D eigenvalue weighted by Gasteiger charge is -2.18. The Balaban J connectivity index is 2.52. The average molecular weight is 226 g/mol. The Labute approximate surface area is 95.7 Å². The Kier molecular flexibility index (Phi) is 4.71. The van der Waals surface area contributed by atoms with E-state index in [0.29, 0.717) is 12.2 Å². The summed E-state index contributed by atoms with van der Waals surface area (Å²) < 4.78 is 12.8. The van der Waals surface area contributed by atoms with Crippen LogP contribution in [-0.2, 0) is 6.54 Å². The monoisotopic (exact) mass is 226 g/mol. The molecule has 0 saturated heterocycles. The number of hydrogen-bond acceptors (Lipinski definition) is 3. The second kappa shape index (κ2) is 5.82. The minimum absolute atomic E-state index is 0.298. The molecule has 16 heavy (non-hydrogen) atoms. The molecule has 1 atom stereocenters. The van der Waals surface area contributed by atoms with Gasteiger partial charge in [-0.15, -0.1) is 0 Å². The van der Waals surface area contributed by atoms with E-state index in [1.54, 1.807) is 13.0 Å². The summed E-state index contributed by atoms with van der Waals surface area (Å²) >= 11 is 0. The Morgan fingerprint density at radius 1 is 1.50 bits per heavy atom. The number of nitrogens with two attached hydrogens (primary N) is 1. The van der Waals surface area contributed by atoms with Gasteiger partial charge in [-0.25, -0.2) is 4.39 Å². The van der Waals surface area contributed by atoms with Crippen LogP contribution in [0.3, 0.4) is 0 Å². The van der Waals surface area contributed by atoms with Gasteiger partial charge in [-0.1, -0.05) is 6.07 Å². The number of hydrogen-bond donors (Lipinski definition) is 2. The molecule has 0 aliphatic carbocycles. The van der Waals surface area contributed by atoms with Crippen molar-refractivity contribution in [3.05, 3.63) is 29.6 Å². The molecule has 0 heterocycles. The number of rotatable bonds is 5. The first-order valence-corrected chi connectivity index (χ1v) is 5.39. The first-order chi connectivity index (χ1) is 7.49. The van der Waals surface area contributed by atoms with Gasteiger partial charge in [-0.05, 0) is 38.1 Å². The van der Waals surface area contributed by atoms with Crippen LogP contribution in [0.25, 0.3) is 0 Å². The maximum atomic E-state index is 12.8. The van der Waals surface area contributed by atoms with Crippen molar-refractivity contribution in [2.75, 3.05) is 19.3 Å². The number of anilines is 1. The summed E-state index contributed by atoms with van der Waals surface area (Å²) in [6.45, 7) is 3.22. The second-order valence-corrected chi connectivity index (χ2v) is 4.22. The highest BCUT2D eigenvalue weighted by molar-refractivity contribution is 5.46. The van der Waals surface area contributed by atoms with Crippen molar-refractivity contribution in [1.29, 1.82) is 0 Å². The Morgan fingerprint density at radius 2 is 2.19 bits per heavy atom. The minimum atomic E-state index is -0.312. The zero-order valence-corrected chi connectivity index (χ0v) is 9.78. The van der Waals surface area contributed by atoms with E-state index in [0.717, 1.165) is 18.5 Å². The number of benzene rings is 1. The van der Waals surface area contributed by atoms with E-state index in [-0.39, 0.29) is 11.9 Å². The van der Waals surface area contributed by atoms with Gasteiger partial charge in [0, 0.05) is 18.8 Å². The van der Waals surface area contributed by atoms with E-state index in [4.69, 9.17) is 10.8 Å². The molecule has 0 bridgehead atoms. The third-order valence-corrected chi connectivity index (χ3v) is 2.48. The Bertz CT molecular complexity index is 342. The minimum Gasteiger partial charge on any atom is -0.398 e. The lowest BCUT2D eigenvalue weighted by atomic mass is 10.1. The van der Waals surface area contributed by atoms with Gasteiger partial charge in [0.1, 0.15) is 5.82 Å². The highest BCUT2D eigenvalue weighted by atomic mass is 19.1. The second-order valence-electron chi connectivity index (χ2n) is 4.22. The molecule has 90 valence electrons. The van der Waals surface area contributed by atoms with Gasteiger partial charge in [0.2, 0.25) is 0 Å². The van der Waals surface area contributed by atoms with Crippen molar-refractivity contribution >= 4 is 5.69 Å². The summed E-state index contributed by atoms with van der Waals surface area (Å²) in [5.74, 6) is -0.312. The van der Waals surface area contributed by atoms with Gasteiger partial charge < -0.3 is 15.7 Å². The molecule has 3 nitrogen and oxygen atoms in total. The molecule has 1 unspecified atom stereocenters. The number of nitrogens with zero attached hydrogens (tertiary/aromatic N) is 1. The van der Waals surface area contributed by atoms with E-state index in [2.05, 4.69) is 4.90 Å². The molecule has 1 aromatic rings. The van der Waals surface area contributed by atoms with Gasteiger partial charge in [0.25, 0.3) is 0 Å². The molecule has 1 rings (SSSR count). The zero-order chi connectivity index (χ0) is 12.1. The summed E-state index contributed by atoms with van der Waals surface area (Å²) in [6, 6.07) is 4.44. The van der Waals surface area contributed by atoms with E-state index in [9.17, 15) is 4.39 Å². The van der Waals surface area contributed by atoms with Crippen molar-refractivity contribution < 1.29 is 9.50 Å². The third-order valence-electron chi connectivity index (χ3n) is 2.48. The quantitative estimate of drug-likeness (QED) is 0.750. The number of halogens is 1. The molecule has 0 aliphatic rings. The van der Waals surface area contributed by atoms with E-state index >= 15 is 0 Å². The molecular formula is C12H19FN2O. The lowest BCUT2D eigenvalue weighted by molar-refractivity contribution is 0.163. The van der Waals surface area contributed by atoms with Crippen LogP contribution in [0.1, 0.15) is 18.9 Å². The molecule has 0 fully saturated rings. The maximum Gasteiger partial charge on any atom is 0.125 e. The smallest absolute Gasteiger partial charge is 0.125 e. The van der Waals surface area contributed by atoms with Gasteiger partial charge in [0.05, 0.1) is 6.10 Å². The van der Waals surface area contributed by atoms with Crippen LogP contribution in [0.2, 0.25) is 0 Å². The summed E-state index contributed by atoms with van der Waals surface area (Å²) in [5, 5.41) is 9.16. The summed E-state index contributed by atoms with van der Waals surface area (Å²) in [6.07, 6.45) is 0.422. The molecular weight excluding hydrogens is 207 g/mol. The van der Waals surface area contributed by atoms with E-state index < -0.39 is 0 Å². The van der Waals surface area contributed by atoms with Crippen LogP contribution in [0.15, 0.2) is 18.2 Å². The van der Waals surface area contributed by atoms with Gasteiger partial charge >= 0.3 is 0 Å².